The van der Waals surface area contributed by atoms with Crippen molar-refractivity contribution in [2.45, 2.75) is 63.2 Å². The van der Waals surface area contributed by atoms with Crippen molar-refractivity contribution in [3.63, 3.8) is 0 Å². The normalized spacial score (nSPS) is 14.2. The molecule has 134 valence electrons. The average molecular weight is 369 g/mol. The van der Waals surface area contributed by atoms with Crippen LogP contribution in [0.3, 0.4) is 0 Å². The van der Waals surface area contributed by atoms with Crippen molar-refractivity contribution in [1.29, 1.82) is 0 Å². The molecule has 0 saturated heterocycles. The molecule has 24 heavy (non-hydrogen) atoms. The van der Waals surface area contributed by atoms with Gasteiger partial charge in [-0.25, -0.2) is 4.18 Å². The molecule has 0 spiro atoms. The molecule has 0 aliphatic rings. The number of hydrogen-bond donors (Lipinski definition) is 0. The van der Waals surface area contributed by atoms with Gasteiger partial charge in [0.2, 0.25) is 0 Å². The first-order chi connectivity index (χ1) is 10.9. The van der Waals surface area contributed by atoms with Gasteiger partial charge in [0, 0.05) is 13.0 Å². The summed E-state index contributed by atoms with van der Waals surface area (Å²) in [4.78, 5) is 0.110. The molecule has 4 nitrogen and oxygen atoms in total. The fourth-order valence-electron chi connectivity index (χ4n) is 1.71. The summed E-state index contributed by atoms with van der Waals surface area (Å²) in [6.07, 6.45) is 4.94. The number of benzene rings is 1. The highest BCUT2D eigenvalue weighted by molar-refractivity contribution is 7.86. The van der Waals surface area contributed by atoms with Gasteiger partial charge in [-0.3, -0.25) is 0 Å². The lowest BCUT2D eigenvalue weighted by Crippen LogP contribution is -2.41. The van der Waals surface area contributed by atoms with Gasteiger partial charge in [-0.2, -0.15) is 8.42 Å². The molecule has 1 aromatic rings. The number of rotatable bonds is 7. The molecular formula is C18H28O4SSi. The van der Waals surface area contributed by atoms with Crippen molar-refractivity contribution in [2.75, 3.05) is 6.61 Å². The third-order valence-electron chi connectivity index (χ3n) is 4.39. The van der Waals surface area contributed by atoms with Crippen molar-refractivity contribution in [3.8, 4) is 12.3 Å². The zero-order chi connectivity index (χ0) is 18.6. The van der Waals surface area contributed by atoms with E-state index in [9.17, 15) is 8.42 Å². The third kappa shape index (κ3) is 5.74. The minimum Gasteiger partial charge on any atom is -0.417 e. The Kier molecular flexibility index (Phi) is 6.82. The molecule has 1 atom stereocenters. The summed E-state index contributed by atoms with van der Waals surface area (Å²) in [5.41, 5.74) is 0.977. The highest BCUT2D eigenvalue weighted by Crippen LogP contribution is 2.36. The Labute approximate surface area is 147 Å². The molecule has 0 saturated carbocycles. The van der Waals surface area contributed by atoms with Crippen molar-refractivity contribution in [1.82, 2.24) is 0 Å². The van der Waals surface area contributed by atoms with Crippen molar-refractivity contribution in [3.05, 3.63) is 29.8 Å². The second-order valence-electron chi connectivity index (χ2n) is 7.42. The monoisotopic (exact) mass is 368 g/mol. The van der Waals surface area contributed by atoms with Gasteiger partial charge >= 0.3 is 0 Å². The molecule has 0 unspecified atom stereocenters. The van der Waals surface area contributed by atoms with Crippen LogP contribution in [0.1, 0.15) is 32.8 Å². The summed E-state index contributed by atoms with van der Waals surface area (Å²) < 4.78 is 35.8. The predicted molar refractivity (Wildman–Crippen MR) is 99.8 cm³/mol. The number of aryl methyl sites for hydroxylation is 1. The SMILES string of the molecule is C#C[C@@H](CCO[Si](C)(C)C(C)(C)C)OS(=O)(=O)c1ccc(C)cc1. The lowest BCUT2D eigenvalue weighted by Gasteiger charge is -2.36. The lowest BCUT2D eigenvalue weighted by atomic mass is 10.2. The van der Waals surface area contributed by atoms with E-state index in [4.69, 9.17) is 15.0 Å². The van der Waals surface area contributed by atoms with Gasteiger partial charge in [0.15, 0.2) is 8.32 Å². The van der Waals surface area contributed by atoms with E-state index < -0.39 is 24.5 Å². The zero-order valence-electron chi connectivity index (χ0n) is 15.4. The first-order valence-corrected chi connectivity index (χ1v) is 12.3. The average Bonchev–Trinajstić information content (AvgIpc) is 2.45. The van der Waals surface area contributed by atoms with Crippen LogP contribution in [0.5, 0.6) is 0 Å². The molecular weight excluding hydrogens is 340 g/mol. The Bertz CT molecular complexity index is 679. The van der Waals surface area contributed by atoms with Crippen LogP contribution in [0, 0.1) is 19.3 Å². The van der Waals surface area contributed by atoms with E-state index in [1.165, 1.54) is 12.1 Å². The molecule has 1 aromatic carbocycles. The summed E-state index contributed by atoms with van der Waals surface area (Å²) in [5.74, 6) is 2.40. The van der Waals surface area contributed by atoms with Crippen LogP contribution < -0.4 is 0 Å². The van der Waals surface area contributed by atoms with Gasteiger partial charge in [-0.05, 0) is 37.2 Å². The van der Waals surface area contributed by atoms with E-state index in [-0.39, 0.29) is 9.93 Å². The molecule has 0 N–H and O–H groups in total. The van der Waals surface area contributed by atoms with Crippen molar-refractivity contribution < 1.29 is 17.0 Å². The summed E-state index contributed by atoms with van der Waals surface area (Å²) in [6.45, 7) is 13.0. The Morgan fingerprint density at radius 1 is 1.21 bits per heavy atom. The number of hydrogen-bond acceptors (Lipinski definition) is 4. The molecule has 0 aliphatic carbocycles. The van der Waals surface area contributed by atoms with E-state index in [0.717, 1.165) is 5.56 Å². The maximum absolute atomic E-state index is 12.3. The minimum atomic E-state index is -3.87. The largest absolute Gasteiger partial charge is 0.417 e. The molecule has 0 radical (unpaired) electrons. The topological polar surface area (TPSA) is 52.6 Å². The highest BCUT2D eigenvalue weighted by atomic mass is 32.2. The van der Waals surface area contributed by atoms with E-state index in [0.29, 0.717) is 13.0 Å². The first-order valence-electron chi connectivity index (χ1n) is 7.99. The van der Waals surface area contributed by atoms with Gasteiger partial charge in [0.25, 0.3) is 10.1 Å². The molecule has 6 heteroatoms. The standard InChI is InChI=1S/C18H28O4SSi/c1-8-16(13-14-21-24(6,7)18(3,4)5)22-23(19,20)17-11-9-15(2)10-12-17/h1,9-12,16H,13-14H2,2-7H3/t16-/m0/s1. The predicted octanol–water partition coefficient (Wildman–Crippen LogP) is 4.11. The van der Waals surface area contributed by atoms with Crippen molar-refractivity contribution >= 4 is 18.4 Å². The summed E-state index contributed by atoms with van der Waals surface area (Å²) in [5, 5.41) is 0.0907. The Morgan fingerprint density at radius 2 is 1.75 bits per heavy atom. The Hall–Kier alpha value is -1.13. The summed E-state index contributed by atoms with van der Waals surface area (Å²) in [6, 6.07) is 6.48. The van der Waals surface area contributed by atoms with E-state index in [1.54, 1.807) is 12.1 Å². The molecule has 0 aliphatic heterocycles. The van der Waals surface area contributed by atoms with Gasteiger partial charge in [-0.15, -0.1) is 6.42 Å². The van der Waals surface area contributed by atoms with Crippen molar-refractivity contribution in [2.24, 2.45) is 0 Å². The molecule has 0 aromatic heterocycles. The zero-order valence-corrected chi connectivity index (χ0v) is 17.2. The molecule has 0 heterocycles. The second kappa shape index (κ2) is 7.83. The van der Waals surface area contributed by atoms with Gasteiger partial charge in [-0.1, -0.05) is 44.4 Å². The summed E-state index contributed by atoms with van der Waals surface area (Å²) in [7, 11) is -5.76. The van der Waals surface area contributed by atoms with Crippen LogP contribution in [0.2, 0.25) is 18.1 Å². The van der Waals surface area contributed by atoms with Gasteiger partial charge < -0.3 is 4.43 Å². The summed E-state index contributed by atoms with van der Waals surface area (Å²) >= 11 is 0. The number of terminal acetylenes is 1. The molecule has 0 amide bonds. The Balaban J connectivity index is 2.68. The second-order valence-corrected chi connectivity index (χ2v) is 13.8. The Morgan fingerprint density at radius 3 is 2.21 bits per heavy atom. The first kappa shape index (κ1) is 20.9. The van der Waals surface area contributed by atoms with Gasteiger partial charge in [0.05, 0.1) is 4.90 Å². The fourth-order valence-corrected chi connectivity index (χ4v) is 3.81. The smallest absolute Gasteiger partial charge is 0.298 e. The van der Waals surface area contributed by atoms with Crippen LogP contribution >= 0.6 is 0 Å². The maximum Gasteiger partial charge on any atom is 0.298 e. The van der Waals surface area contributed by atoms with Crippen LogP contribution in [0.25, 0.3) is 0 Å². The van der Waals surface area contributed by atoms with Crippen LogP contribution in [0.4, 0.5) is 0 Å². The van der Waals surface area contributed by atoms with E-state index in [1.807, 2.05) is 6.92 Å². The maximum atomic E-state index is 12.3. The van der Waals surface area contributed by atoms with Gasteiger partial charge in [0.1, 0.15) is 6.10 Å². The van der Waals surface area contributed by atoms with E-state index >= 15 is 0 Å². The fraction of sp³-hybridized carbons (Fsp3) is 0.556. The lowest BCUT2D eigenvalue weighted by molar-refractivity contribution is 0.201. The van der Waals surface area contributed by atoms with E-state index in [2.05, 4.69) is 39.8 Å². The van der Waals surface area contributed by atoms with Crippen LogP contribution in [-0.4, -0.2) is 29.4 Å². The highest BCUT2D eigenvalue weighted by Gasteiger charge is 2.37. The van der Waals surface area contributed by atoms with Crippen LogP contribution in [0.15, 0.2) is 29.2 Å². The minimum absolute atomic E-state index is 0.0907. The molecule has 0 bridgehead atoms. The molecule has 0 fully saturated rings. The van der Waals surface area contributed by atoms with Crippen LogP contribution in [-0.2, 0) is 18.7 Å². The quantitative estimate of drug-likeness (QED) is 0.413. The third-order valence-corrected chi connectivity index (χ3v) is 10.3. The molecule has 1 rings (SSSR count).